The van der Waals surface area contributed by atoms with Crippen molar-refractivity contribution in [3.05, 3.63) is 92.0 Å². The van der Waals surface area contributed by atoms with E-state index in [0.717, 1.165) is 10.4 Å². The Hall–Kier alpha value is -1.43. The highest BCUT2D eigenvalue weighted by Gasteiger charge is 2.51. The summed E-state index contributed by atoms with van der Waals surface area (Å²) < 4.78 is 66.9. The molecule has 0 aliphatic rings. The molecule has 182 valence electrons. The van der Waals surface area contributed by atoms with Crippen LogP contribution in [0.25, 0.3) is 0 Å². The number of aromatic nitrogens is 1. The van der Waals surface area contributed by atoms with Crippen LogP contribution in [0.5, 0.6) is 0 Å². The van der Waals surface area contributed by atoms with Gasteiger partial charge in [-0.2, -0.15) is 13.1 Å². The van der Waals surface area contributed by atoms with Crippen LogP contribution >= 0.6 is 46.7 Å². The van der Waals surface area contributed by atoms with E-state index in [4.69, 9.17) is 33.0 Å². The predicted molar refractivity (Wildman–Crippen MR) is 127 cm³/mol. The fourth-order valence-corrected chi connectivity index (χ4v) is 5.97. The van der Waals surface area contributed by atoms with Gasteiger partial charge in [0.1, 0.15) is 0 Å². The lowest BCUT2D eigenvalue weighted by atomic mass is 10.1. The standard InChI is InChI=1S/C20H16BrCl2F2N2O5PS/c21-16-9-13(4-6-15(16)20(24,25)33(28,29)30)11-27(12-14-5-7-17(22)18(23)10-14)34(31,32)19-3-1-2-8-26-19/h1-10H,11-12H2,(H2,28,29,30). The Morgan fingerprint density at radius 3 is 2.15 bits per heavy atom. The highest BCUT2D eigenvalue weighted by Crippen LogP contribution is 2.60. The Kier molecular flexibility index (Phi) is 8.21. The first kappa shape index (κ1) is 27.2. The van der Waals surface area contributed by atoms with Crippen molar-refractivity contribution in [1.29, 1.82) is 0 Å². The average Bonchev–Trinajstić information content (AvgIpc) is 2.75. The van der Waals surface area contributed by atoms with E-state index in [-0.39, 0.29) is 38.2 Å². The van der Waals surface area contributed by atoms with Crippen LogP contribution in [0.15, 0.2) is 70.3 Å². The molecule has 0 atom stereocenters. The number of sulfonamides is 1. The van der Waals surface area contributed by atoms with Gasteiger partial charge in [-0.15, -0.1) is 0 Å². The zero-order chi connectivity index (χ0) is 25.3. The fraction of sp³-hybridized carbons (Fsp3) is 0.150. The minimum Gasteiger partial charge on any atom is -0.320 e. The predicted octanol–water partition coefficient (Wildman–Crippen LogP) is 5.77. The number of hydrogen-bond acceptors (Lipinski definition) is 4. The monoisotopic (exact) mass is 614 g/mol. The Balaban J connectivity index is 2.01. The number of pyridine rings is 1. The third-order valence-corrected chi connectivity index (χ3v) is 8.74. The molecular weight excluding hydrogens is 600 g/mol. The van der Waals surface area contributed by atoms with Gasteiger partial charge in [-0.1, -0.05) is 63.4 Å². The molecule has 2 N–H and O–H groups in total. The van der Waals surface area contributed by atoms with E-state index in [2.05, 4.69) is 20.9 Å². The summed E-state index contributed by atoms with van der Waals surface area (Å²) in [6.45, 7) is -0.409. The van der Waals surface area contributed by atoms with Gasteiger partial charge in [0, 0.05) is 29.3 Å². The van der Waals surface area contributed by atoms with Gasteiger partial charge < -0.3 is 9.79 Å². The molecule has 0 amide bonds. The summed E-state index contributed by atoms with van der Waals surface area (Å²) >= 11 is 14.9. The first-order valence-corrected chi connectivity index (χ1v) is 13.9. The molecule has 1 aromatic heterocycles. The van der Waals surface area contributed by atoms with Crippen molar-refractivity contribution in [1.82, 2.24) is 9.29 Å². The van der Waals surface area contributed by atoms with Crippen molar-refractivity contribution in [2.45, 2.75) is 23.8 Å². The average molecular weight is 616 g/mol. The van der Waals surface area contributed by atoms with E-state index in [0.29, 0.717) is 5.56 Å². The Bertz CT molecular complexity index is 1360. The van der Waals surface area contributed by atoms with Crippen molar-refractivity contribution in [2.24, 2.45) is 0 Å². The number of alkyl halides is 2. The van der Waals surface area contributed by atoms with E-state index >= 15 is 0 Å². The third-order valence-electron chi connectivity index (χ3n) is 4.67. The molecule has 0 unspecified atom stereocenters. The summed E-state index contributed by atoms with van der Waals surface area (Å²) in [5, 5.41) is 0.287. The van der Waals surface area contributed by atoms with E-state index in [1.807, 2.05) is 0 Å². The fourth-order valence-electron chi connectivity index (χ4n) is 2.96. The molecule has 7 nitrogen and oxygen atoms in total. The quantitative estimate of drug-likeness (QED) is 0.312. The number of benzene rings is 2. The summed E-state index contributed by atoms with van der Waals surface area (Å²) in [7, 11) is -9.92. The van der Waals surface area contributed by atoms with E-state index < -0.39 is 28.8 Å². The molecule has 0 saturated heterocycles. The van der Waals surface area contributed by atoms with Gasteiger partial charge in [-0.05, 0) is 41.5 Å². The maximum atomic E-state index is 14.2. The Morgan fingerprint density at radius 2 is 1.62 bits per heavy atom. The van der Waals surface area contributed by atoms with Gasteiger partial charge in [0.2, 0.25) is 0 Å². The van der Waals surface area contributed by atoms with Crippen LogP contribution in [0.2, 0.25) is 10.0 Å². The van der Waals surface area contributed by atoms with Gasteiger partial charge >= 0.3 is 13.3 Å². The zero-order valence-corrected chi connectivity index (χ0v) is 21.8. The molecule has 0 aliphatic carbocycles. The van der Waals surface area contributed by atoms with Crippen molar-refractivity contribution in [3.8, 4) is 0 Å². The maximum Gasteiger partial charge on any atom is 0.399 e. The smallest absolute Gasteiger partial charge is 0.320 e. The number of halogens is 5. The highest BCUT2D eigenvalue weighted by molar-refractivity contribution is 9.10. The summed E-state index contributed by atoms with van der Waals surface area (Å²) in [6, 6.07) is 12.2. The van der Waals surface area contributed by atoms with Gasteiger partial charge in [0.15, 0.2) is 5.03 Å². The molecule has 34 heavy (non-hydrogen) atoms. The molecule has 14 heteroatoms. The lowest BCUT2D eigenvalue weighted by Gasteiger charge is -2.23. The minimum absolute atomic E-state index is 0.145. The van der Waals surface area contributed by atoms with Crippen LogP contribution in [0.3, 0.4) is 0 Å². The second kappa shape index (κ2) is 10.3. The van der Waals surface area contributed by atoms with E-state index in [9.17, 15) is 21.8 Å². The summed E-state index contributed by atoms with van der Waals surface area (Å²) in [5.74, 6) is 0. The maximum absolute atomic E-state index is 14.2. The minimum atomic E-state index is -5.78. The molecular formula is C20H16BrCl2F2N2O5PS. The molecule has 0 bridgehead atoms. The molecule has 0 spiro atoms. The second-order valence-corrected chi connectivity index (χ2v) is 12.3. The van der Waals surface area contributed by atoms with E-state index in [1.165, 1.54) is 42.6 Å². The lowest BCUT2D eigenvalue weighted by molar-refractivity contribution is 0.0557. The molecule has 0 saturated carbocycles. The number of nitrogens with zero attached hydrogens (tertiary/aromatic N) is 2. The molecule has 0 aliphatic heterocycles. The van der Waals surface area contributed by atoms with Crippen LogP contribution in [0.4, 0.5) is 8.78 Å². The SMILES string of the molecule is O=P(O)(O)C(F)(F)c1ccc(CN(Cc2ccc(Cl)c(Cl)c2)S(=O)(=O)c2ccccn2)cc1Br. The van der Waals surface area contributed by atoms with E-state index in [1.54, 1.807) is 12.1 Å². The summed E-state index contributed by atoms with van der Waals surface area (Å²) in [6.07, 6.45) is 1.32. The summed E-state index contributed by atoms with van der Waals surface area (Å²) in [4.78, 5) is 21.9. The van der Waals surface area contributed by atoms with Gasteiger partial charge in [0.05, 0.1) is 10.0 Å². The second-order valence-electron chi connectivity index (χ2n) is 7.09. The van der Waals surface area contributed by atoms with Crippen LogP contribution in [-0.4, -0.2) is 27.5 Å². The van der Waals surface area contributed by atoms with Crippen molar-refractivity contribution in [2.75, 3.05) is 0 Å². The molecule has 0 radical (unpaired) electrons. The molecule has 3 aromatic rings. The van der Waals surface area contributed by atoms with Crippen LogP contribution in [-0.2, 0) is 33.3 Å². The third kappa shape index (κ3) is 5.85. The van der Waals surface area contributed by atoms with Crippen molar-refractivity contribution >= 4 is 56.8 Å². The normalized spacial score (nSPS) is 12.8. The first-order valence-electron chi connectivity index (χ1n) is 9.31. The molecule has 1 heterocycles. The van der Waals surface area contributed by atoms with Crippen LogP contribution < -0.4 is 0 Å². The van der Waals surface area contributed by atoms with Crippen LogP contribution in [0.1, 0.15) is 16.7 Å². The Morgan fingerprint density at radius 1 is 1.00 bits per heavy atom. The molecule has 3 rings (SSSR count). The molecule has 2 aromatic carbocycles. The zero-order valence-electron chi connectivity index (χ0n) is 16.9. The summed E-state index contributed by atoms with van der Waals surface area (Å²) in [5.41, 5.74) is -4.56. The highest BCUT2D eigenvalue weighted by atomic mass is 79.9. The topological polar surface area (TPSA) is 108 Å². The van der Waals surface area contributed by atoms with Crippen LogP contribution in [0, 0.1) is 0 Å². The Labute approximate surface area is 212 Å². The molecule has 0 fully saturated rings. The van der Waals surface area contributed by atoms with Crippen molar-refractivity contribution < 1.29 is 31.6 Å². The van der Waals surface area contributed by atoms with Crippen molar-refractivity contribution in [3.63, 3.8) is 0 Å². The number of hydrogen-bond donors (Lipinski definition) is 2. The first-order chi connectivity index (χ1) is 15.7. The van der Waals surface area contributed by atoms with Gasteiger partial charge in [0.25, 0.3) is 10.0 Å². The van der Waals surface area contributed by atoms with Gasteiger partial charge in [-0.3, -0.25) is 4.57 Å². The lowest BCUT2D eigenvalue weighted by Crippen LogP contribution is -2.31. The largest absolute Gasteiger partial charge is 0.399 e. The number of rotatable bonds is 8. The van der Waals surface area contributed by atoms with Gasteiger partial charge in [-0.25, -0.2) is 13.4 Å².